The molecule has 1 N–H and O–H groups in total. The molecule has 5 nitrogen and oxygen atoms in total. The van der Waals surface area contributed by atoms with Crippen molar-refractivity contribution in [1.82, 2.24) is 4.73 Å². The van der Waals surface area contributed by atoms with E-state index in [0.717, 1.165) is 5.56 Å². The molecule has 0 amide bonds. The zero-order chi connectivity index (χ0) is 12.6. The second-order valence-electron chi connectivity index (χ2n) is 3.65. The molecule has 0 fully saturated rings. The summed E-state index contributed by atoms with van der Waals surface area (Å²) < 4.78 is 1.28. The summed E-state index contributed by atoms with van der Waals surface area (Å²) in [6.45, 7) is 1.76. The molecule has 0 saturated heterocycles. The first kappa shape index (κ1) is 11.2. The number of hydrogen-bond donors (Lipinski definition) is 1. The van der Waals surface area contributed by atoms with Gasteiger partial charge in [-0.15, -0.1) is 0 Å². The molecule has 1 heterocycles. The topological polar surface area (TPSA) is 68.5 Å². The number of fused-ring (bicyclic) bond motifs is 1. The highest BCUT2D eigenvalue weighted by Gasteiger charge is 2.15. The molecule has 0 spiro atoms. The lowest BCUT2D eigenvalue weighted by molar-refractivity contribution is 0.0691. The molecule has 0 aliphatic carbocycles. The number of carbonyl (C=O) groups is 1. The Hall–Kier alpha value is -2.30. The number of hydrogen-bond acceptors (Lipinski definition) is 3. The summed E-state index contributed by atoms with van der Waals surface area (Å²) in [5.41, 5.74) is 0.497. The Morgan fingerprint density at radius 2 is 2.12 bits per heavy atom. The number of aromatic carboxylic acids is 1. The molecule has 17 heavy (non-hydrogen) atoms. The summed E-state index contributed by atoms with van der Waals surface area (Å²) in [5, 5.41) is 9.34. The first-order valence-electron chi connectivity index (χ1n) is 4.99. The molecule has 1 aromatic heterocycles. The van der Waals surface area contributed by atoms with Gasteiger partial charge in [-0.2, -0.15) is 4.73 Å². The number of aryl methyl sites for hydroxylation is 1. The van der Waals surface area contributed by atoms with Crippen LogP contribution in [0.3, 0.4) is 0 Å². The fourth-order valence-corrected chi connectivity index (χ4v) is 1.81. The van der Waals surface area contributed by atoms with Crippen LogP contribution in [0.5, 0.6) is 0 Å². The van der Waals surface area contributed by atoms with Crippen molar-refractivity contribution in [2.45, 2.75) is 6.92 Å². The zero-order valence-electron chi connectivity index (χ0n) is 9.43. The molecule has 0 bridgehead atoms. The van der Waals surface area contributed by atoms with Crippen LogP contribution in [0, 0.1) is 6.92 Å². The Bertz CT molecular complexity index is 657. The second-order valence-corrected chi connectivity index (χ2v) is 3.65. The Labute approximate surface area is 96.8 Å². The standard InChI is InChI=1S/C12H11NO4/c1-7-4-3-5-9-10(7)11(14)8(12(15)16)6-13(9)17-2/h3-6H,1-2H3,(H,15,16). The van der Waals surface area contributed by atoms with Crippen molar-refractivity contribution in [3.63, 3.8) is 0 Å². The van der Waals surface area contributed by atoms with Gasteiger partial charge >= 0.3 is 5.97 Å². The minimum absolute atomic E-state index is 0.298. The second kappa shape index (κ2) is 3.93. The van der Waals surface area contributed by atoms with E-state index >= 15 is 0 Å². The third kappa shape index (κ3) is 1.65. The van der Waals surface area contributed by atoms with E-state index in [9.17, 15) is 9.59 Å². The Kier molecular flexibility index (Phi) is 2.59. The normalized spacial score (nSPS) is 10.5. The molecule has 5 heteroatoms. The van der Waals surface area contributed by atoms with Gasteiger partial charge in [-0.25, -0.2) is 4.79 Å². The van der Waals surface area contributed by atoms with Crippen LogP contribution >= 0.6 is 0 Å². The van der Waals surface area contributed by atoms with Gasteiger partial charge in [-0.1, -0.05) is 12.1 Å². The highest BCUT2D eigenvalue weighted by molar-refractivity contribution is 5.93. The Balaban J connectivity index is 3.02. The number of carboxylic acid groups (broad SMARTS) is 1. The Morgan fingerprint density at radius 1 is 1.41 bits per heavy atom. The van der Waals surface area contributed by atoms with E-state index in [1.807, 2.05) is 0 Å². The van der Waals surface area contributed by atoms with Crippen molar-refractivity contribution < 1.29 is 14.7 Å². The van der Waals surface area contributed by atoms with E-state index < -0.39 is 11.4 Å². The van der Waals surface area contributed by atoms with Crippen LogP contribution in [0.1, 0.15) is 15.9 Å². The van der Waals surface area contributed by atoms with E-state index in [2.05, 4.69) is 0 Å². The fourth-order valence-electron chi connectivity index (χ4n) is 1.81. The van der Waals surface area contributed by atoms with Gasteiger partial charge in [0, 0.05) is 0 Å². The summed E-state index contributed by atoms with van der Waals surface area (Å²) in [5.74, 6) is -1.26. The van der Waals surface area contributed by atoms with Gasteiger partial charge in [-0.3, -0.25) is 4.79 Å². The Morgan fingerprint density at radius 3 is 2.71 bits per heavy atom. The molecule has 0 saturated carbocycles. The molecule has 0 unspecified atom stereocenters. The molecule has 0 aliphatic heterocycles. The minimum atomic E-state index is -1.26. The van der Waals surface area contributed by atoms with Gasteiger partial charge in [0.15, 0.2) is 0 Å². The third-order valence-corrected chi connectivity index (χ3v) is 2.63. The summed E-state index contributed by atoms with van der Waals surface area (Å²) in [6.07, 6.45) is 1.19. The monoisotopic (exact) mass is 233 g/mol. The maximum atomic E-state index is 12.0. The lowest BCUT2D eigenvalue weighted by atomic mass is 10.1. The van der Waals surface area contributed by atoms with E-state index in [0.29, 0.717) is 10.9 Å². The summed E-state index contributed by atoms with van der Waals surface area (Å²) in [4.78, 5) is 28.0. The van der Waals surface area contributed by atoms with Gasteiger partial charge in [-0.05, 0) is 18.6 Å². The van der Waals surface area contributed by atoms with Crippen molar-refractivity contribution in [2.75, 3.05) is 7.11 Å². The first-order valence-corrected chi connectivity index (χ1v) is 4.99. The minimum Gasteiger partial charge on any atom is -0.477 e. The maximum Gasteiger partial charge on any atom is 0.341 e. The van der Waals surface area contributed by atoms with Gasteiger partial charge < -0.3 is 9.94 Å². The van der Waals surface area contributed by atoms with Crippen LogP contribution in [0.15, 0.2) is 29.2 Å². The lowest BCUT2D eigenvalue weighted by Gasteiger charge is -2.11. The fraction of sp³-hybridized carbons (Fsp3) is 0.167. The van der Waals surface area contributed by atoms with Crippen LogP contribution in [-0.2, 0) is 0 Å². The van der Waals surface area contributed by atoms with Crippen molar-refractivity contribution in [1.29, 1.82) is 0 Å². The molecule has 0 radical (unpaired) electrons. The molecule has 0 aliphatic rings. The number of pyridine rings is 1. The predicted octanol–water partition coefficient (Wildman–Crippen LogP) is 1.07. The SMILES string of the molecule is COn1cc(C(=O)O)c(=O)c2c(C)cccc21. The van der Waals surface area contributed by atoms with Crippen LogP contribution in [0.25, 0.3) is 10.9 Å². The van der Waals surface area contributed by atoms with Crippen molar-refractivity contribution in [3.05, 3.63) is 45.7 Å². The summed E-state index contributed by atoms with van der Waals surface area (Å²) in [7, 11) is 1.41. The summed E-state index contributed by atoms with van der Waals surface area (Å²) in [6, 6.07) is 5.25. The molecule has 0 atom stereocenters. The lowest BCUT2D eigenvalue weighted by Crippen LogP contribution is -2.21. The van der Waals surface area contributed by atoms with Crippen molar-refractivity contribution in [3.8, 4) is 0 Å². The van der Waals surface area contributed by atoms with E-state index in [-0.39, 0.29) is 5.56 Å². The molecule has 2 aromatic rings. The smallest absolute Gasteiger partial charge is 0.341 e. The number of nitrogens with zero attached hydrogens (tertiary/aromatic N) is 1. The molecule has 1 aromatic carbocycles. The molecular weight excluding hydrogens is 222 g/mol. The van der Waals surface area contributed by atoms with Crippen LogP contribution in [0.4, 0.5) is 0 Å². The highest BCUT2D eigenvalue weighted by Crippen LogP contribution is 2.14. The van der Waals surface area contributed by atoms with Crippen LogP contribution in [0.2, 0.25) is 0 Å². The predicted molar refractivity (Wildman–Crippen MR) is 62.4 cm³/mol. The zero-order valence-corrected chi connectivity index (χ0v) is 9.43. The number of aromatic nitrogens is 1. The van der Waals surface area contributed by atoms with Gasteiger partial charge in [0.25, 0.3) is 0 Å². The van der Waals surface area contributed by atoms with E-state index in [1.54, 1.807) is 25.1 Å². The number of benzene rings is 1. The third-order valence-electron chi connectivity index (χ3n) is 2.63. The molecular formula is C12H11NO4. The van der Waals surface area contributed by atoms with E-state index in [4.69, 9.17) is 9.94 Å². The van der Waals surface area contributed by atoms with Gasteiger partial charge in [0.1, 0.15) is 12.7 Å². The van der Waals surface area contributed by atoms with Gasteiger partial charge in [0.05, 0.1) is 17.1 Å². The number of carboxylic acids is 1. The van der Waals surface area contributed by atoms with Gasteiger partial charge in [0.2, 0.25) is 5.43 Å². The van der Waals surface area contributed by atoms with Crippen LogP contribution < -0.4 is 10.3 Å². The quantitative estimate of drug-likeness (QED) is 0.842. The van der Waals surface area contributed by atoms with Crippen molar-refractivity contribution >= 4 is 16.9 Å². The summed E-state index contributed by atoms with van der Waals surface area (Å²) >= 11 is 0. The highest BCUT2D eigenvalue weighted by atomic mass is 16.6. The average Bonchev–Trinajstić information content (AvgIpc) is 2.29. The average molecular weight is 233 g/mol. The van der Waals surface area contributed by atoms with Crippen molar-refractivity contribution in [2.24, 2.45) is 0 Å². The molecule has 88 valence electrons. The maximum absolute atomic E-state index is 12.0. The van der Waals surface area contributed by atoms with Crippen LogP contribution in [-0.4, -0.2) is 22.9 Å². The largest absolute Gasteiger partial charge is 0.477 e. The molecule has 2 rings (SSSR count). The van der Waals surface area contributed by atoms with E-state index in [1.165, 1.54) is 18.0 Å². The number of rotatable bonds is 2. The first-order chi connectivity index (χ1) is 8.06.